The lowest BCUT2D eigenvalue weighted by Gasteiger charge is -2.42. The number of carbonyl (C=O) groups is 1. The van der Waals surface area contributed by atoms with Crippen LogP contribution < -0.4 is 0 Å². The zero-order chi connectivity index (χ0) is 48.7. The minimum absolute atomic E-state index is 0.0647. The topological polar surface area (TPSA) is 214 Å². The average molecular weight is 959 g/mol. The zero-order valence-electron chi connectivity index (χ0n) is 41.9. The number of carbonyl (C=O) groups excluding carboxylic acids is 1. The van der Waals surface area contributed by atoms with Crippen molar-refractivity contribution in [3.05, 3.63) is 24.3 Å². The van der Waals surface area contributed by atoms with E-state index in [2.05, 4.69) is 38.2 Å². The second-order valence-electron chi connectivity index (χ2n) is 19.1. The van der Waals surface area contributed by atoms with Crippen molar-refractivity contribution in [2.45, 2.75) is 274 Å². The first kappa shape index (κ1) is 61.6. The Morgan fingerprint density at radius 1 is 0.493 bits per heavy atom. The SMILES string of the molecule is CCCCCCC/C=C\C/C=C\CCCCCCCCCCCCCCCCOCC(COC1OC(COC2OC(CO)C(O)C(O)C2O)C(O)C(O)C1O)OC(=O)CCCCCCCCC. The normalized spacial score (nSPS) is 26.2. The van der Waals surface area contributed by atoms with E-state index in [1.807, 2.05) is 0 Å². The Bertz CT molecular complexity index is 1200. The molecule has 0 aromatic carbocycles. The quantitative estimate of drug-likeness (QED) is 0.0174. The van der Waals surface area contributed by atoms with E-state index in [0.29, 0.717) is 13.0 Å². The van der Waals surface area contributed by atoms with Gasteiger partial charge in [0.2, 0.25) is 0 Å². The highest BCUT2D eigenvalue weighted by molar-refractivity contribution is 5.69. The van der Waals surface area contributed by atoms with Crippen LogP contribution in [0.15, 0.2) is 24.3 Å². The van der Waals surface area contributed by atoms with E-state index in [1.54, 1.807) is 0 Å². The standard InChI is InChI=1S/C53H98O14/c1-3-5-7-9-11-12-13-14-15-16-17-18-19-20-21-22-23-24-25-26-27-28-29-31-33-35-37-62-39-42(65-45(55)36-34-32-30-10-8-6-4-2)40-63-52-51(61)49(59)47(57)44(67-52)41-64-53-50(60)48(58)46(56)43(38-54)66-53/h13-14,16-17,42-44,46-54,56-61H,3-12,15,18-41H2,1-2H3/b14-13-,17-16-. The molecule has 394 valence electrons. The van der Waals surface area contributed by atoms with Gasteiger partial charge in [-0.05, 0) is 44.9 Å². The minimum Gasteiger partial charge on any atom is -0.457 e. The van der Waals surface area contributed by atoms with Gasteiger partial charge in [-0.25, -0.2) is 0 Å². The molecule has 7 N–H and O–H groups in total. The molecule has 0 aliphatic carbocycles. The Morgan fingerprint density at radius 3 is 1.43 bits per heavy atom. The van der Waals surface area contributed by atoms with Crippen LogP contribution in [0.3, 0.4) is 0 Å². The number of hydrogen-bond donors (Lipinski definition) is 7. The Kier molecular flexibility index (Phi) is 37.8. The van der Waals surface area contributed by atoms with Crippen molar-refractivity contribution < 1.29 is 69.0 Å². The maximum Gasteiger partial charge on any atom is 0.306 e. The maximum absolute atomic E-state index is 12.9. The molecule has 0 saturated carbocycles. The van der Waals surface area contributed by atoms with Crippen molar-refractivity contribution in [3.8, 4) is 0 Å². The van der Waals surface area contributed by atoms with E-state index in [-0.39, 0.29) is 25.6 Å². The third kappa shape index (κ3) is 28.8. The molecule has 2 saturated heterocycles. The van der Waals surface area contributed by atoms with Crippen molar-refractivity contribution in [1.29, 1.82) is 0 Å². The van der Waals surface area contributed by atoms with Gasteiger partial charge in [-0.15, -0.1) is 0 Å². The van der Waals surface area contributed by atoms with Gasteiger partial charge in [-0.2, -0.15) is 0 Å². The maximum atomic E-state index is 12.9. The fourth-order valence-electron chi connectivity index (χ4n) is 8.55. The van der Waals surface area contributed by atoms with Gasteiger partial charge < -0.3 is 64.2 Å². The summed E-state index contributed by atoms with van der Waals surface area (Å²) in [5.74, 6) is -0.381. The molecule has 2 rings (SSSR count). The predicted molar refractivity (Wildman–Crippen MR) is 261 cm³/mol. The number of unbranched alkanes of at least 4 members (excludes halogenated alkanes) is 25. The molecule has 11 unspecified atom stereocenters. The van der Waals surface area contributed by atoms with Gasteiger partial charge in [-0.3, -0.25) is 4.79 Å². The second-order valence-corrected chi connectivity index (χ2v) is 19.1. The third-order valence-electron chi connectivity index (χ3n) is 13.0. The molecular weight excluding hydrogens is 861 g/mol. The van der Waals surface area contributed by atoms with Crippen LogP contribution in [-0.2, 0) is 33.2 Å². The highest BCUT2D eigenvalue weighted by Gasteiger charge is 2.47. The van der Waals surface area contributed by atoms with Crippen molar-refractivity contribution in [1.82, 2.24) is 0 Å². The van der Waals surface area contributed by atoms with E-state index < -0.39 is 80.7 Å². The molecule has 2 aliphatic heterocycles. The predicted octanol–water partition coefficient (Wildman–Crippen LogP) is 8.41. The Balaban J connectivity index is 1.62. The summed E-state index contributed by atoms with van der Waals surface area (Å²) in [7, 11) is 0. The summed E-state index contributed by atoms with van der Waals surface area (Å²) < 4.78 is 34.2. The highest BCUT2D eigenvalue weighted by atomic mass is 16.7. The van der Waals surface area contributed by atoms with Crippen LogP contribution in [0, 0.1) is 0 Å². The number of ether oxygens (including phenoxy) is 6. The van der Waals surface area contributed by atoms with E-state index in [1.165, 1.54) is 135 Å². The molecule has 0 bridgehead atoms. The first-order valence-corrected chi connectivity index (χ1v) is 26.9. The first-order chi connectivity index (χ1) is 32.6. The van der Waals surface area contributed by atoms with Gasteiger partial charge in [0.25, 0.3) is 0 Å². The molecule has 0 aromatic heterocycles. The van der Waals surface area contributed by atoms with Crippen LogP contribution in [0.1, 0.15) is 206 Å². The van der Waals surface area contributed by atoms with Crippen molar-refractivity contribution in [2.24, 2.45) is 0 Å². The smallest absolute Gasteiger partial charge is 0.306 e. The summed E-state index contributed by atoms with van der Waals surface area (Å²) in [5, 5.41) is 72.0. The van der Waals surface area contributed by atoms with E-state index in [9.17, 15) is 40.5 Å². The molecule has 2 fully saturated rings. The van der Waals surface area contributed by atoms with Crippen LogP contribution in [0.5, 0.6) is 0 Å². The molecule has 14 heteroatoms. The van der Waals surface area contributed by atoms with Gasteiger partial charge in [0, 0.05) is 13.0 Å². The van der Waals surface area contributed by atoms with Gasteiger partial charge >= 0.3 is 5.97 Å². The number of hydrogen-bond acceptors (Lipinski definition) is 14. The summed E-state index contributed by atoms with van der Waals surface area (Å²) in [6, 6.07) is 0. The van der Waals surface area contributed by atoms with E-state index >= 15 is 0 Å². The number of aliphatic hydroxyl groups is 7. The highest BCUT2D eigenvalue weighted by Crippen LogP contribution is 2.26. The molecule has 0 spiro atoms. The van der Waals surface area contributed by atoms with Crippen molar-refractivity contribution >= 4 is 5.97 Å². The molecular formula is C53H98O14. The molecule has 0 radical (unpaired) electrons. The number of allylic oxidation sites excluding steroid dienone is 4. The van der Waals surface area contributed by atoms with Crippen LogP contribution in [0.4, 0.5) is 0 Å². The largest absolute Gasteiger partial charge is 0.457 e. The molecule has 2 heterocycles. The third-order valence-corrected chi connectivity index (χ3v) is 13.0. The van der Waals surface area contributed by atoms with Gasteiger partial charge in [0.05, 0.1) is 26.4 Å². The van der Waals surface area contributed by atoms with Gasteiger partial charge in [0.15, 0.2) is 12.6 Å². The van der Waals surface area contributed by atoms with Crippen LogP contribution in [0.25, 0.3) is 0 Å². The molecule has 11 atom stereocenters. The number of esters is 1. The van der Waals surface area contributed by atoms with Crippen molar-refractivity contribution in [2.75, 3.05) is 33.0 Å². The fourth-order valence-corrected chi connectivity index (χ4v) is 8.55. The van der Waals surface area contributed by atoms with Crippen LogP contribution in [-0.4, -0.2) is 142 Å². The summed E-state index contributed by atoms with van der Waals surface area (Å²) >= 11 is 0. The van der Waals surface area contributed by atoms with Crippen LogP contribution >= 0.6 is 0 Å². The molecule has 2 aliphatic rings. The average Bonchev–Trinajstić information content (AvgIpc) is 3.32. The summed E-state index contributed by atoms with van der Waals surface area (Å²) in [4.78, 5) is 12.9. The minimum atomic E-state index is -1.70. The van der Waals surface area contributed by atoms with Gasteiger partial charge in [-0.1, -0.05) is 179 Å². The van der Waals surface area contributed by atoms with E-state index in [4.69, 9.17) is 28.4 Å². The Hall–Kier alpha value is -1.53. The lowest BCUT2D eigenvalue weighted by Crippen LogP contribution is -2.61. The first-order valence-electron chi connectivity index (χ1n) is 26.9. The summed E-state index contributed by atoms with van der Waals surface area (Å²) in [6.45, 7) is 3.64. The van der Waals surface area contributed by atoms with Gasteiger partial charge in [0.1, 0.15) is 54.9 Å². The van der Waals surface area contributed by atoms with Crippen molar-refractivity contribution in [3.63, 3.8) is 0 Å². The lowest BCUT2D eigenvalue weighted by molar-refractivity contribution is -0.332. The molecule has 14 nitrogen and oxygen atoms in total. The molecule has 0 amide bonds. The second kappa shape index (κ2) is 41.1. The number of aliphatic hydroxyl groups excluding tert-OH is 7. The summed E-state index contributed by atoms with van der Waals surface area (Å²) in [6.07, 6.45) is 28.6. The van der Waals surface area contributed by atoms with Crippen LogP contribution in [0.2, 0.25) is 0 Å². The summed E-state index contributed by atoms with van der Waals surface area (Å²) in [5.41, 5.74) is 0. The monoisotopic (exact) mass is 959 g/mol. The molecule has 0 aromatic rings. The van der Waals surface area contributed by atoms with E-state index in [0.717, 1.165) is 44.9 Å². The zero-order valence-corrected chi connectivity index (χ0v) is 41.9. The fraction of sp³-hybridized carbons (Fsp3) is 0.906. The Morgan fingerprint density at radius 2 is 0.925 bits per heavy atom. The number of rotatable bonds is 43. The molecule has 67 heavy (non-hydrogen) atoms. The lowest BCUT2D eigenvalue weighted by atomic mass is 9.98. The Labute approximate surface area is 405 Å².